The molecule has 23 heavy (non-hydrogen) atoms. The van der Waals surface area contributed by atoms with E-state index < -0.39 is 0 Å². The van der Waals surface area contributed by atoms with E-state index in [1.807, 2.05) is 19.3 Å². The van der Waals surface area contributed by atoms with Gasteiger partial charge in [0, 0.05) is 41.2 Å². The Morgan fingerprint density at radius 3 is 3.00 bits per heavy atom. The van der Waals surface area contributed by atoms with E-state index in [-0.39, 0.29) is 5.54 Å². The van der Waals surface area contributed by atoms with Crippen molar-refractivity contribution in [3.63, 3.8) is 0 Å². The van der Waals surface area contributed by atoms with Gasteiger partial charge in [-0.25, -0.2) is 9.98 Å². The summed E-state index contributed by atoms with van der Waals surface area (Å²) in [5, 5.41) is 1.69. The van der Waals surface area contributed by atoms with Crippen molar-refractivity contribution >= 4 is 28.3 Å². The van der Waals surface area contributed by atoms with E-state index in [0.717, 1.165) is 34.7 Å². The number of thiazole rings is 1. The molecule has 1 aliphatic heterocycles. The first-order valence-corrected chi connectivity index (χ1v) is 9.19. The number of nitrogens with two attached hydrogens (primary N) is 1. The summed E-state index contributed by atoms with van der Waals surface area (Å²) in [5.74, 6) is 6.93. The summed E-state index contributed by atoms with van der Waals surface area (Å²) in [4.78, 5) is 14.7. The van der Waals surface area contributed by atoms with Crippen molar-refractivity contribution in [2.75, 3.05) is 5.75 Å². The first kappa shape index (κ1) is 16.0. The Bertz CT molecular complexity index is 800. The summed E-state index contributed by atoms with van der Waals surface area (Å²) in [7, 11) is 0. The Hall–Kier alpha value is -1.84. The van der Waals surface area contributed by atoms with Crippen LogP contribution in [0.15, 0.2) is 29.6 Å². The fourth-order valence-corrected chi connectivity index (χ4v) is 4.52. The van der Waals surface area contributed by atoms with E-state index in [4.69, 9.17) is 5.73 Å². The van der Waals surface area contributed by atoms with Gasteiger partial charge in [-0.1, -0.05) is 17.7 Å². The summed E-state index contributed by atoms with van der Waals surface area (Å²) >= 11 is 3.32. The van der Waals surface area contributed by atoms with Crippen LogP contribution in [0.2, 0.25) is 0 Å². The van der Waals surface area contributed by atoms with E-state index in [9.17, 15) is 0 Å². The molecular weight excluding hydrogens is 324 g/mol. The lowest BCUT2D eigenvalue weighted by molar-refractivity contribution is 0.479. The van der Waals surface area contributed by atoms with Crippen LogP contribution in [0.1, 0.15) is 41.3 Å². The predicted octanol–water partition coefficient (Wildman–Crippen LogP) is 3.17. The molecule has 6 heteroatoms. The Balaban J connectivity index is 1.81. The topological polar surface area (TPSA) is 64.2 Å². The monoisotopic (exact) mass is 342 g/mol. The molecule has 0 amide bonds. The lowest BCUT2D eigenvalue weighted by atomic mass is 10.0. The van der Waals surface area contributed by atoms with Gasteiger partial charge in [0.15, 0.2) is 5.17 Å². The Labute approximate surface area is 144 Å². The van der Waals surface area contributed by atoms with Gasteiger partial charge in [-0.2, -0.15) is 0 Å². The summed E-state index contributed by atoms with van der Waals surface area (Å²) in [6.07, 6.45) is 7.39. The van der Waals surface area contributed by atoms with Crippen LogP contribution in [0.3, 0.4) is 0 Å². The van der Waals surface area contributed by atoms with Gasteiger partial charge in [0.05, 0.1) is 0 Å². The van der Waals surface area contributed by atoms with Crippen molar-refractivity contribution in [2.24, 2.45) is 10.7 Å². The molecule has 3 heterocycles. The number of hydrogen-bond acceptors (Lipinski definition) is 6. The van der Waals surface area contributed by atoms with Crippen molar-refractivity contribution < 1.29 is 0 Å². The predicted molar refractivity (Wildman–Crippen MR) is 97.8 cm³/mol. The highest BCUT2D eigenvalue weighted by Gasteiger charge is 2.32. The van der Waals surface area contributed by atoms with Crippen LogP contribution in [-0.2, 0) is 12.0 Å². The number of nitrogens with zero attached hydrogens (tertiary/aromatic N) is 3. The Kier molecular flexibility index (Phi) is 4.69. The molecule has 2 aromatic heterocycles. The van der Waals surface area contributed by atoms with Crippen molar-refractivity contribution in [3.05, 3.63) is 45.7 Å². The summed E-state index contributed by atoms with van der Waals surface area (Å²) in [6.45, 7) is 3.94. The molecule has 2 aromatic rings. The number of hydrogen-bond donors (Lipinski definition) is 1. The minimum atomic E-state index is -0.286. The highest BCUT2D eigenvalue weighted by molar-refractivity contribution is 8.13. The first-order valence-electron chi connectivity index (χ1n) is 7.39. The van der Waals surface area contributed by atoms with E-state index in [2.05, 4.69) is 39.8 Å². The number of thioether (sulfide) groups is 1. The molecule has 0 radical (unpaired) electrons. The molecule has 1 unspecified atom stereocenters. The van der Waals surface area contributed by atoms with Gasteiger partial charge in [-0.3, -0.25) is 4.98 Å². The van der Waals surface area contributed by atoms with Crippen LogP contribution in [0, 0.1) is 11.8 Å². The summed E-state index contributed by atoms with van der Waals surface area (Å²) in [6, 6.07) is 2.08. The number of pyridine rings is 1. The van der Waals surface area contributed by atoms with E-state index in [1.54, 1.807) is 29.3 Å². The molecule has 2 N–H and O–H groups in total. The molecule has 0 bridgehead atoms. The average molecular weight is 342 g/mol. The second-order valence-corrected chi connectivity index (χ2v) is 7.82. The molecule has 0 fully saturated rings. The molecular formula is C17H18N4S2. The average Bonchev–Trinajstić information content (AvgIpc) is 2.97. The van der Waals surface area contributed by atoms with E-state index in [0.29, 0.717) is 5.17 Å². The van der Waals surface area contributed by atoms with Crippen LogP contribution < -0.4 is 5.73 Å². The zero-order chi connectivity index (χ0) is 16.3. The van der Waals surface area contributed by atoms with E-state index in [1.165, 1.54) is 4.88 Å². The van der Waals surface area contributed by atoms with Gasteiger partial charge in [0.2, 0.25) is 0 Å². The highest BCUT2D eigenvalue weighted by Crippen LogP contribution is 2.37. The molecule has 3 rings (SSSR count). The molecule has 0 saturated heterocycles. The van der Waals surface area contributed by atoms with Gasteiger partial charge in [-0.05, 0) is 31.9 Å². The molecule has 0 aliphatic carbocycles. The van der Waals surface area contributed by atoms with Crippen molar-refractivity contribution in [3.8, 4) is 11.8 Å². The SMILES string of the molecule is CC#Cc1cncc(Cc2cnc(C3(C)CCSC(N)=N3)s2)c1. The zero-order valence-electron chi connectivity index (χ0n) is 13.2. The molecule has 0 spiro atoms. The van der Waals surface area contributed by atoms with Gasteiger partial charge >= 0.3 is 0 Å². The number of rotatable bonds is 3. The maximum absolute atomic E-state index is 5.89. The van der Waals surface area contributed by atoms with Gasteiger partial charge in [0.1, 0.15) is 10.5 Å². The smallest absolute Gasteiger partial charge is 0.154 e. The minimum Gasteiger partial charge on any atom is -0.379 e. The van der Waals surface area contributed by atoms with Crippen LogP contribution in [0.5, 0.6) is 0 Å². The number of aromatic nitrogens is 2. The van der Waals surface area contributed by atoms with Crippen LogP contribution in [-0.4, -0.2) is 20.9 Å². The van der Waals surface area contributed by atoms with E-state index >= 15 is 0 Å². The molecule has 0 aromatic carbocycles. The molecule has 118 valence electrons. The molecule has 1 aliphatic rings. The second kappa shape index (κ2) is 6.73. The third-order valence-corrected chi connectivity index (χ3v) is 5.70. The van der Waals surface area contributed by atoms with Crippen LogP contribution in [0.4, 0.5) is 0 Å². The van der Waals surface area contributed by atoms with Crippen molar-refractivity contribution in [1.29, 1.82) is 0 Å². The minimum absolute atomic E-state index is 0.286. The number of amidine groups is 1. The summed E-state index contributed by atoms with van der Waals surface area (Å²) in [5.41, 5.74) is 7.70. The lowest BCUT2D eigenvalue weighted by Crippen LogP contribution is -2.28. The quantitative estimate of drug-likeness (QED) is 0.870. The third-order valence-electron chi connectivity index (χ3n) is 3.65. The van der Waals surface area contributed by atoms with Crippen LogP contribution in [0.25, 0.3) is 0 Å². The Morgan fingerprint density at radius 1 is 1.35 bits per heavy atom. The maximum atomic E-state index is 5.89. The highest BCUT2D eigenvalue weighted by atomic mass is 32.2. The standard InChI is InChI=1S/C17H18N4S2/c1-3-4-12-7-13(10-19-9-12)8-14-11-20-15(23-14)17(2)5-6-22-16(18)21-17/h7,9-11H,5-6,8H2,1-2H3,(H2,18,21). The third kappa shape index (κ3) is 3.74. The maximum Gasteiger partial charge on any atom is 0.154 e. The molecule has 1 atom stereocenters. The largest absolute Gasteiger partial charge is 0.379 e. The Morgan fingerprint density at radius 2 is 2.22 bits per heavy atom. The van der Waals surface area contributed by atoms with Crippen molar-refractivity contribution in [1.82, 2.24) is 9.97 Å². The first-order chi connectivity index (χ1) is 11.1. The van der Waals surface area contributed by atoms with Gasteiger partial charge in [0.25, 0.3) is 0 Å². The normalized spacial score (nSPS) is 20.5. The van der Waals surface area contributed by atoms with Gasteiger partial charge < -0.3 is 5.73 Å². The fraction of sp³-hybridized carbons (Fsp3) is 0.353. The second-order valence-electron chi connectivity index (χ2n) is 5.59. The summed E-state index contributed by atoms with van der Waals surface area (Å²) < 4.78 is 0. The van der Waals surface area contributed by atoms with Crippen LogP contribution >= 0.6 is 23.1 Å². The zero-order valence-corrected chi connectivity index (χ0v) is 14.8. The van der Waals surface area contributed by atoms with Crippen molar-refractivity contribution in [2.45, 2.75) is 32.2 Å². The molecule has 0 saturated carbocycles. The number of aliphatic imine (C=N–C) groups is 1. The van der Waals surface area contributed by atoms with Gasteiger partial charge in [-0.15, -0.1) is 17.3 Å². The molecule has 4 nitrogen and oxygen atoms in total. The lowest BCUT2D eigenvalue weighted by Gasteiger charge is -2.26. The fourth-order valence-electron chi connectivity index (χ4n) is 2.48.